The molecular formula is C22H46O2. The minimum atomic E-state index is -0.536. The van der Waals surface area contributed by atoms with E-state index in [1.54, 1.807) is 0 Å². The smallest absolute Gasteiger partial charge is 0.154 e. The number of aliphatic hydroxyl groups excluding tert-OH is 1. The van der Waals surface area contributed by atoms with Gasteiger partial charge in [-0.15, -0.1) is 0 Å². The molecule has 0 bridgehead atoms. The molecule has 0 rings (SSSR count). The predicted molar refractivity (Wildman–Crippen MR) is 106 cm³/mol. The first-order valence-electron chi connectivity index (χ1n) is 11.1. The zero-order valence-corrected chi connectivity index (χ0v) is 16.9. The lowest BCUT2D eigenvalue weighted by Gasteiger charge is -2.10. The van der Waals surface area contributed by atoms with Gasteiger partial charge in [0.25, 0.3) is 0 Å². The van der Waals surface area contributed by atoms with Crippen molar-refractivity contribution in [3.8, 4) is 0 Å². The highest BCUT2D eigenvalue weighted by atomic mass is 16.6. The Bertz CT molecular complexity index is 218. The molecule has 0 fully saturated rings. The van der Waals surface area contributed by atoms with Crippen LogP contribution in [0, 0.1) is 0 Å². The Labute approximate surface area is 152 Å². The molecule has 0 aliphatic carbocycles. The van der Waals surface area contributed by atoms with E-state index in [1.807, 2.05) is 0 Å². The third kappa shape index (κ3) is 20.0. The largest absolute Gasteiger partial charge is 0.368 e. The number of hydrogen-bond acceptors (Lipinski definition) is 2. The molecule has 2 heteroatoms. The third-order valence-electron chi connectivity index (χ3n) is 4.84. The molecule has 0 aliphatic rings. The summed E-state index contributed by atoms with van der Waals surface area (Å²) in [6.45, 7) is 5.08. The van der Waals surface area contributed by atoms with Crippen LogP contribution in [0.1, 0.15) is 129 Å². The van der Waals surface area contributed by atoms with Crippen molar-refractivity contribution < 1.29 is 9.84 Å². The molecule has 0 saturated heterocycles. The maximum Gasteiger partial charge on any atom is 0.154 e. The summed E-state index contributed by atoms with van der Waals surface area (Å²) in [5, 5.41) is 9.45. The van der Waals surface area contributed by atoms with Crippen molar-refractivity contribution >= 4 is 0 Å². The van der Waals surface area contributed by atoms with Gasteiger partial charge in [-0.05, 0) is 12.8 Å². The predicted octanol–water partition coefficient (Wildman–Crippen LogP) is 7.38. The van der Waals surface area contributed by atoms with Crippen molar-refractivity contribution in [3.63, 3.8) is 0 Å². The van der Waals surface area contributed by atoms with Crippen LogP contribution in [0.5, 0.6) is 0 Å². The van der Waals surface area contributed by atoms with Crippen LogP contribution in [0.4, 0.5) is 0 Å². The van der Waals surface area contributed by atoms with E-state index in [9.17, 15) is 5.11 Å². The van der Waals surface area contributed by atoms with E-state index >= 15 is 0 Å². The number of aliphatic hydroxyl groups is 1. The minimum Gasteiger partial charge on any atom is -0.368 e. The number of ether oxygens (including phenoxy) is 1. The SMILES string of the molecule is CCCCCCCCCCCCCCCCCCOC(O)CCC. The lowest BCUT2D eigenvalue weighted by molar-refractivity contribution is -0.104. The van der Waals surface area contributed by atoms with Gasteiger partial charge in [-0.3, -0.25) is 0 Å². The van der Waals surface area contributed by atoms with E-state index in [0.717, 1.165) is 25.9 Å². The molecule has 0 heterocycles. The monoisotopic (exact) mass is 342 g/mol. The second kappa shape index (κ2) is 21.0. The molecule has 146 valence electrons. The standard InChI is InChI=1S/C22H46O2/c1-3-5-6-7-8-9-10-11-12-13-14-15-16-17-18-19-21-24-22(23)20-4-2/h22-23H,3-21H2,1-2H3. The normalized spacial score (nSPS) is 12.6. The van der Waals surface area contributed by atoms with Gasteiger partial charge in [0, 0.05) is 6.61 Å². The van der Waals surface area contributed by atoms with Crippen molar-refractivity contribution in [1.29, 1.82) is 0 Å². The van der Waals surface area contributed by atoms with E-state index < -0.39 is 6.29 Å². The second-order valence-corrected chi connectivity index (χ2v) is 7.42. The highest BCUT2D eigenvalue weighted by molar-refractivity contribution is 4.50. The fraction of sp³-hybridized carbons (Fsp3) is 1.00. The molecule has 0 aromatic rings. The number of rotatable bonds is 20. The lowest BCUT2D eigenvalue weighted by atomic mass is 10.0. The molecular weight excluding hydrogens is 296 g/mol. The van der Waals surface area contributed by atoms with Gasteiger partial charge in [-0.1, -0.05) is 117 Å². The lowest BCUT2D eigenvalue weighted by Crippen LogP contribution is -2.12. The third-order valence-corrected chi connectivity index (χ3v) is 4.84. The Hall–Kier alpha value is -0.0800. The number of hydrogen-bond donors (Lipinski definition) is 1. The first kappa shape index (κ1) is 23.9. The summed E-state index contributed by atoms with van der Waals surface area (Å²) in [5.74, 6) is 0. The van der Waals surface area contributed by atoms with Crippen LogP contribution in [0.15, 0.2) is 0 Å². The maximum absolute atomic E-state index is 9.45. The van der Waals surface area contributed by atoms with E-state index in [2.05, 4.69) is 13.8 Å². The summed E-state index contributed by atoms with van der Waals surface area (Å²) in [6.07, 6.45) is 23.4. The molecule has 0 aromatic carbocycles. The highest BCUT2D eigenvalue weighted by Crippen LogP contribution is 2.13. The van der Waals surface area contributed by atoms with Crippen LogP contribution in [0.3, 0.4) is 0 Å². The van der Waals surface area contributed by atoms with Crippen molar-refractivity contribution in [3.05, 3.63) is 0 Å². The summed E-state index contributed by atoms with van der Waals surface area (Å²) in [7, 11) is 0. The molecule has 1 unspecified atom stereocenters. The number of unbranched alkanes of at least 4 members (excludes halogenated alkanes) is 15. The van der Waals surface area contributed by atoms with Gasteiger partial charge in [0.15, 0.2) is 6.29 Å². The summed E-state index contributed by atoms with van der Waals surface area (Å²) in [5.41, 5.74) is 0. The van der Waals surface area contributed by atoms with Gasteiger partial charge in [0.2, 0.25) is 0 Å². The molecule has 24 heavy (non-hydrogen) atoms. The molecule has 0 amide bonds. The summed E-state index contributed by atoms with van der Waals surface area (Å²) >= 11 is 0. The van der Waals surface area contributed by atoms with E-state index in [0.29, 0.717) is 0 Å². The van der Waals surface area contributed by atoms with Crippen LogP contribution in [-0.4, -0.2) is 18.0 Å². The fourth-order valence-corrected chi connectivity index (χ4v) is 3.20. The molecule has 1 N–H and O–H groups in total. The molecule has 0 aromatic heterocycles. The van der Waals surface area contributed by atoms with Gasteiger partial charge in [-0.2, -0.15) is 0 Å². The average Bonchev–Trinajstić information content (AvgIpc) is 2.58. The van der Waals surface area contributed by atoms with Gasteiger partial charge < -0.3 is 9.84 Å². The Kier molecular flexibility index (Phi) is 20.9. The summed E-state index contributed by atoms with van der Waals surface area (Å²) in [4.78, 5) is 0. The van der Waals surface area contributed by atoms with E-state index in [1.165, 1.54) is 96.3 Å². The summed E-state index contributed by atoms with van der Waals surface area (Å²) < 4.78 is 5.36. The first-order valence-corrected chi connectivity index (χ1v) is 11.1. The van der Waals surface area contributed by atoms with Crippen molar-refractivity contribution in [2.75, 3.05) is 6.61 Å². The maximum atomic E-state index is 9.45. The van der Waals surface area contributed by atoms with Gasteiger partial charge >= 0.3 is 0 Å². The van der Waals surface area contributed by atoms with Gasteiger partial charge in [-0.25, -0.2) is 0 Å². The molecule has 0 saturated carbocycles. The average molecular weight is 343 g/mol. The Balaban J connectivity index is 3.00. The van der Waals surface area contributed by atoms with E-state index in [-0.39, 0.29) is 0 Å². The first-order chi connectivity index (χ1) is 11.8. The molecule has 0 spiro atoms. The van der Waals surface area contributed by atoms with Crippen molar-refractivity contribution in [2.45, 2.75) is 136 Å². The van der Waals surface area contributed by atoms with Crippen LogP contribution < -0.4 is 0 Å². The van der Waals surface area contributed by atoms with Crippen LogP contribution in [-0.2, 0) is 4.74 Å². The Morgan fingerprint density at radius 1 is 0.542 bits per heavy atom. The highest BCUT2D eigenvalue weighted by Gasteiger charge is 2.01. The van der Waals surface area contributed by atoms with Crippen molar-refractivity contribution in [2.24, 2.45) is 0 Å². The molecule has 0 aliphatic heterocycles. The molecule has 1 atom stereocenters. The van der Waals surface area contributed by atoms with Crippen LogP contribution in [0.2, 0.25) is 0 Å². The minimum absolute atomic E-state index is 0.536. The van der Waals surface area contributed by atoms with Crippen LogP contribution >= 0.6 is 0 Å². The molecule has 2 nitrogen and oxygen atoms in total. The van der Waals surface area contributed by atoms with E-state index in [4.69, 9.17) is 4.74 Å². The van der Waals surface area contributed by atoms with Crippen molar-refractivity contribution in [1.82, 2.24) is 0 Å². The van der Waals surface area contributed by atoms with Gasteiger partial charge in [0.05, 0.1) is 0 Å². The van der Waals surface area contributed by atoms with Crippen LogP contribution in [0.25, 0.3) is 0 Å². The fourth-order valence-electron chi connectivity index (χ4n) is 3.20. The topological polar surface area (TPSA) is 29.5 Å². The summed E-state index contributed by atoms with van der Waals surface area (Å²) in [6, 6.07) is 0. The zero-order chi connectivity index (χ0) is 17.7. The van der Waals surface area contributed by atoms with Gasteiger partial charge in [0.1, 0.15) is 0 Å². The Morgan fingerprint density at radius 2 is 0.917 bits per heavy atom. The quantitative estimate of drug-likeness (QED) is 0.185. The zero-order valence-electron chi connectivity index (χ0n) is 16.9. The second-order valence-electron chi connectivity index (χ2n) is 7.42. The Morgan fingerprint density at radius 3 is 1.29 bits per heavy atom. The molecule has 0 radical (unpaired) electrons.